The second kappa shape index (κ2) is 8.59. The number of likely N-dealkylation sites (tertiary alicyclic amines) is 2. The Morgan fingerprint density at radius 1 is 1.14 bits per heavy atom. The Morgan fingerprint density at radius 2 is 1.76 bits per heavy atom. The van der Waals surface area contributed by atoms with Gasteiger partial charge in [-0.1, -0.05) is 13.8 Å². The highest BCUT2D eigenvalue weighted by molar-refractivity contribution is 5.96. The topological polar surface area (TPSA) is 122 Å². The molecule has 0 bridgehead atoms. The van der Waals surface area contributed by atoms with E-state index in [1.165, 1.54) is 9.80 Å². The summed E-state index contributed by atoms with van der Waals surface area (Å²) < 4.78 is 5.39. The second-order valence-corrected chi connectivity index (χ2v) is 8.77. The van der Waals surface area contributed by atoms with E-state index in [1.807, 2.05) is 13.8 Å². The third kappa shape index (κ3) is 4.64. The first kappa shape index (κ1) is 23.0. The molecule has 0 aromatic carbocycles. The van der Waals surface area contributed by atoms with Gasteiger partial charge in [0.2, 0.25) is 17.7 Å². The summed E-state index contributed by atoms with van der Waals surface area (Å²) >= 11 is 0. The van der Waals surface area contributed by atoms with Gasteiger partial charge in [0.25, 0.3) is 0 Å². The number of carbonyl (C=O) groups excluding carboxylic acids is 4. The molecule has 2 rings (SSSR count). The zero-order valence-corrected chi connectivity index (χ0v) is 18.1. The molecule has 0 radical (unpaired) electrons. The van der Waals surface area contributed by atoms with Gasteiger partial charge in [-0.05, 0) is 52.9 Å². The van der Waals surface area contributed by atoms with Crippen molar-refractivity contribution >= 4 is 23.8 Å². The smallest absolute Gasteiger partial charge is 0.410 e. The maximum Gasteiger partial charge on any atom is 0.410 e. The Bertz CT molecular complexity index is 668. The Morgan fingerprint density at radius 3 is 2.28 bits per heavy atom. The lowest BCUT2D eigenvalue weighted by Crippen LogP contribution is -2.59. The average Bonchev–Trinajstić information content (AvgIpc) is 3.24. The van der Waals surface area contributed by atoms with Crippen molar-refractivity contribution in [3.8, 4) is 0 Å². The first-order valence-electron chi connectivity index (χ1n) is 10.4. The molecule has 2 saturated heterocycles. The number of carbonyl (C=O) groups is 4. The Hall–Kier alpha value is -2.32. The molecule has 0 saturated carbocycles. The molecule has 164 valence electrons. The van der Waals surface area contributed by atoms with Crippen molar-refractivity contribution in [2.24, 2.45) is 5.73 Å². The zero-order valence-electron chi connectivity index (χ0n) is 18.1. The molecule has 0 unspecified atom stereocenters. The van der Waals surface area contributed by atoms with Crippen LogP contribution in [0.15, 0.2) is 0 Å². The van der Waals surface area contributed by atoms with E-state index < -0.39 is 35.2 Å². The third-order valence-corrected chi connectivity index (χ3v) is 5.85. The lowest BCUT2D eigenvalue weighted by molar-refractivity contribution is -0.145. The summed E-state index contributed by atoms with van der Waals surface area (Å²) in [5.74, 6) is -1.20. The van der Waals surface area contributed by atoms with Crippen molar-refractivity contribution in [1.82, 2.24) is 15.1 Å². The molecule has 4 amide bonds. The van der Waals surface area contributed by atoms with Crippen LogP contribution in [0.5, 0.6) is 0 Å². The molecule has 3 N–H and O–H groups in total. The van der Waals surface area contributed by atoms with E-state index in [2.05, 4.69) is 5.32 Å². The molecule has 2 aliphatic heterocycles. The minimum atomic E-state index is -1.04. The molecule has 9 heteroatoms. The highest BCUT2D eigenvalue weighted by Crippen LogP contribution is 2.29. The van der Waals surface area contributed by atoms with Gasteiger partial charge in [-0.2, -0.15) is 0 Å². The van der Waals surface area contributed by atoms with Crippen LogP contribution >= 0.6 is 0 Å². The van der Waals surface area contributed by atoms with E-state index >= 15 is 0 Å². The summed E-state index contributed by atoms with van der Waals surface area (Å²) in [6, 6.07) is -1.38. The van der Waals surface area contributed by atoms with Crippen LogP contribution in [0.1, 0.15) is 66.7 Å². The van der Waals surface area contributed by atoms with Gasteiger partial charge < -0.3 is 20.7 Å². The Labute approximate surface area is 172 Å². The monoisotopic (exact) mass is 410 g/mol. The SMILES string of the molecule is CCC(CC)(C(N)=O)N1CC[C@@H](NC(=O)[C@@H]2CCCN2C(=O)OC(C)(C)C)C1=O. The first-order chi connectivity index (χ1) is 13.5. The first-order valence-corrected chi connectivity index (χ1v) is 10.4. The molecular formula is C20H34N4O5. The summed E-state index contributed by atoms with van der Waals surface area (Å²) in [7, 11) is 0. The molecule has 0 aromatic rings. The Kier molecular flexibility index (Phi) is 6.80. The van der Waals surface area contributed by atoms with E-state index in [1.54, 1.807) is 20.8 Å². The normalized spacial score (nSPS) is 22.7. The molecule has 2 atom stereocenters. The molecule has 29 heavy (non-hydrogen) atoms. The van der Waals surface area contributed by atoms with Crippen LogP contribution in [-0.4, -0.2) is 69.9 Å². The lowest BCUT2D eigenvalue weighted by atomic mass is 9.90. The van der Waals surface area contributed by atoms with Crippen molar-refractivity contribution < 1.29 is 23.9 Å². The van der Waals surface area contributed by atoms with Gasteiger partial charge in [-0.3, -0.25) is 19.3 Å². The second-order valence-electron chi connectivity index (χ2n) is 8.77. The van der Waals surface area contributed by atoms with Crippen molar-refractivity contribution in [3.63, 3.8) is 0 Å². The summed E-state index contributed by atoms with van der Waals surface area (Å²) in [5.41, 5.74) is 3.92. The fourth-order valence-electron chi connectivity index (χ4n) is 4.20. The number of ether oxygens (including phenoxy) is 1. The minimum Gasteiger partial charge on any atom is -0.444 e. The molecule has 0 aliphatic carbocycles. The van der Waals surface area contributed by atoms with Crippen LogP contribution in [0.3, 0.4) is 0 Å². The number of nitrogens with one attached hydrogen (secondary N) is 1. The fraction of sp³-hybridized carbons (Fsp3) is 0.800. The predicted molar refractivity (Wildman–Crippen MR) is 107 cm³/mol. The van der Waals surface area contributed by atoms with Gasteiger partial charge in [-0.15, -0.1) is 0 Å². The van der Waals surface area contributed by atoms with Crippen LogP contribution in [0.2, 0.25) is 0 Å². The summed E-state index contributed by atoms with van der Waals surface area (Å²) in [6.45, 7) is 9.76. The molecule has 9 nitrogen and oxygen atoms in total. The van der Waals surface area contributed by atoms with E-state index in [0.717, 1.165) is 0 Å². The fourth-order valence-corrected chi connectivity index (χ4v) is 4.20. The van der Waals surface area contributed by atoms with E-state index in [4.69, 9.17) is 10.5 Å². The molecule has 0 aromatic heterocycles. The van der Waals surface area contributed by atoms with Gasteiger partial charge in [0.1, 0.15) is 23.2 Å². The van der Waals surface area contributed by atoms with Gasteiger partial charge in [0, 0.05) is 13.1 Å². The molecule has 2 aliphatic rings. The lowest BCUT2D eigenvalue weighted by Gasteiger charge is -2.38. The predicted octanol–water partition coefficient (Wildman–Crippen LogP) is 1.15. The quantitative estimate of drug-likeness (QED) is 0.680. The van der Waals surface area contributed by atoms with Crippen LogP contribution in [0, 0.1) is 0 Å². The number of nitrogens with zero attached hydrogens (tertiary/aromatic N) is 2. The van der Waals surface area contributed by atoms with Crippen molar-refractivity contribution in [2.45, 2.75) is 89.9 Å². The number of hydrogen-bond donors (Lipinski definition) is 2. The van der Waals surface area contributed by atoms with Crippen LogP contribution in [0.25, 0.3) is 0 Å². The van der Waals surface area contributed by atoms with E-state index in [0.29, 0.717) is 45.2 Å². The van der Waals surface area contributed by atoms with Crippen LogP contribution in [-0.2, 0) is 19.1 Å². The number of primary amides is 1. The van der Waals surface area contributed by atoms with Crippen LogP contribution in [0.4, 0.5) is 4.79 Å². The van der Waals surface area contributed by atoms with Gasteiger partial charge in [0.15, 0.2) is 0 Å². The highest BCUT2D eigenvalue weighted by atomic mass is 16.6. The molecule has 0 spiro atoms. The standard InChI is InChI=1S/C20H34N4O5/c1-6-20(7-2,17(21)27)24-12-10-13(16(24)26)22-15(25)14-9-8-11-23(14)18(28)29-19(3,4)5/h13-14H,6-12H2,1-5H3,(H2,21,27)(H,22,25)/t13-,14+/m1/s1. The molecule has 2 fully saturated rings. The highest BCUT2D eigenvalue weighted by Gasteiger charge is 2.48. The van der Waals surface area contributed by atoms with Gasteiger partial charge in [-0.25, -0.2) is 4.79 Å². The van der Waals surface area contributed by atoms with E-state index in [9.17, 15) is 19.2 Å². The van der Waals surface area contributed by atoms with Crippen molar-refractivity contribution in [2.75, 3.05) is 13.1 Å². The molecule has 2 heterocycles. The van der Waals surface area contributed by atoms with Gasteiger partial charge in [0.05, 0.1) is 0 Å². The number of hydrogen-bond acceptors (Lipinski definition) is 5. The number of amides is 4. The zero-order chi connectivity index (χ0) is 22.0. The maximum absolute atomic E-state index is 12.9. The Balaban J connectivity index is 2.06. The minimum absolute atomic E-state index is 0.303. The molecular weight excluding hydrogens is 376 g/mol. The maximum atomic E-state index is 12.9. The number of nitrogens with two attached hydrogens (primary N) is 1. The van der Waals surface area contributed by atoms with Gasteiger partial charge >= 0.3 is 6.09 Å². The summed E-state index contributed by atoms with van der Waals surface area (Å²) in [6.07, 6.45) is 1.92. The largest absolute Gasteiger partial charge is 0.444 e. The van der Waals surface area contributed by atoms with Crippen molar-refractivity contribution in [1.29, 1.82) is 0 Å². The average molecular weight is 411 g/mol. The summed E-state index contributed by atoms with van der Waals surface area (Å²) in [5, 5.41) is 2.78. The third-order valence-electron chi connectivity index (χ3n) is 5.85. The van der Waals surface area contributed by atoms with Crippen molar-refractivity contribution in [3.05, 3.63) is 0 Å². The van der Waals surface area contributed by atoms with Crippen LogP contribution < -0.4 is 11.1 Å². The summed E-state index contributed by atoms with van der Waals surface area (Å²) in [4.78, 5) is 53.2. The number of rotatable bonds is 6. The van der Waals surface area contributed by atoms with E-state index in [-0.39, 0.29) is 11.8 Å².